The van der Waals surface area contributed by atoms with Gasteiger partial charge in [0.15, 0.2) is 5.78 Å². The third-order valence-corrected chi connectivity index (χ3v) is 7.59. The topological polar surface area (TPSA) is 89.9 Å². The molecule has 32 heavy (non-hydrogen) atoms. The monoisotopic (exact) mass is 446 g/mol. The summed E-state index contributed by atoms with van der Waals surface area (Å²) in [5, 5.41) is 10.7. The van der Waals surface area contributed by atoms with Gasteiger partial charge in [-0.15, -0.1) is 0 Å². The second-order valence-electron chi connectivity index (χ2n) is 9.59. The van der Waals surface area contributed by atoms with Crippen LogP contribution in [0.5, 0.6) is 0 Å². The van der Waals surface area contributed by atoms with Gasteiger partial charge in [-0.3, -0.25) is 4.79 Å². The van der Waals surface area contributed by atoms with Gasteiger partial charge in [-0.05, 0) is 69.8 Å². The summed E-state index contributed by atoms with van der Waals surface area (Å²) in [6.07, 6.45) is 5.09. The molecule has 1 N–H and O–H groups in total. The zero-order valence-corrected chi connectivity index (χ0v) is 20.2. The summed E-state index contributed by atoms with van der Waals surface area (Å²) < 4.78 is 11.2. The lowest BCUT2D eigenvalue weighted by Crippen LogP contribution is -2.57. The third-order valence-electron chi connectivity index (χ3n) is 7.59. The number of rotatable bonds is 7. The van der Waals surface area contributed by atoms with Gasteiger partial charge in [0, 0.05) is 17.6 Å². The molecule has 6 heteroatoms. The smallest absolute Gasteiger partial charge is 0.333 e. The van der Waals surface area contributed by atoms with E-state index < -0.39 is 24.1 Å². The van der Waals surface area contributed by atoms with Crippen LogP contribution in [-0.4, -0.2) is 41.1 Å². The average molecular weight is 447 g/mol. The molecule has 2 fully saturated rings. The summed E-state index contributed by atoms with van der Waals surface area (Å²) in [5.41, 5.74) is 0.936. The number of esters is 2. The molecular weight excluding hydrogens is 408 g/mol. The molecular formula is C26H38O6. The highest BCUT2D eigenvalue weighted by Gasteiger charge is 2.56. The Bertz CT molecular complexity index is 809. The first-order valence-corrected chi connectivity index (χ1v) is 11.6. The van der Waals surface area contributed by atoms with Crippen molar-refractivity contribution >= 4 is 17.7 Å². The van der Waals surface area contributed by atoms with E-state index in [0.717, 1.165) is 5.57 Å². The van der Waals surface area contributed by atoms with Gasteiger partial charge in [-0.25, -0.2) is 9.59 Å². The van der Waals surface area contributed by atoms with E-state index in [9.17, 15) is 19.5 Å². The van der Waals surface area contributed by atoms with Crippen molar-refractivity contribution in [1.82, 2.24) is 0 Å². The van der Waals surface area contributed by atoms with Gasteiger partial charge in [0.25, 0.3) is 0 Å². The molecule has 0 heterocycles. The van der Waals surface area contributed by atoms with Crippen LogP contribution in [0.4, 0.5) is 0 Å². The molecule has 7 unspecified atom stereocenters. The number of allylic oxidation sites excluding steroid dienone is 2. The third kappa shape index (κ3) is 5.40. The Balaban J connectivity index is 2.07. The highest BCUT2D eigenvalue weighted by molar-refractivity contribution is 5.89. The summed E-state index contributed by atoms with van der Waals surface area (Å²) in [4.78, 5) is 37.1. The van der Waals surface area contributed by atoms with Crippen LogP contribution in [0.2, 0.25) is 0 Å². The van der Waals surface area contributed by atoms with Gasteiger partial charge in [0.2, 0.25) is 0 Å². The van der Waals surface area contributed by atoms with Crippen molar-refractivity contribution < 1.29 is 29.0 Å². The molecule has 0 radical (unpaired) electrons. The standard InChI is InChI=1S/C26H38O6/c1-8-16(5)25(30)31-18(9-2)10-13-22(27)32-21-12-11-20-24(29)23(28)19(15(3)4)14-26(20,7)17(21)6/h8,10,13,17-21,24,29H,3,9,11-12,14H2,1-2,4-7H3. The van der Waals surface area contributed by atoms with Crippen LogP contribution in [0, 0.1) is 23.2 Å². The Morgan fingerprint density at radius 2 is 1.97 bits per heavy atom. The fraction of sp³-hybridized carbons (Fsp3) is 0.654. The van der Waals surface area contributed by atoms with Crippen LogP contribution in [0.3, 0.4) is 0 Å². The predicted molar refractivity (Wildman–Crippen MR) is 123 cm³/mol. The first-order chi connectivity index (χ1) is 15.0. The lowest BCUT2D eigenvalue weighted by Gasteiger charge is -2.54. The fourth-order valence-electron chi connectivity index (χ4n) is 5.05. The average Bonchev–Trinajstić information content (AvgIpc) is 2.75. The van der Waals surface area contributed by atoms with E-state index in [-0.39, 0.29) is 35.1 Å². The highest BCUT2D eigenvalue weighted by Crippen LogP contribution is 2.55. The molecule has 0 aliphatic heterocycles. The fourth-order valence-corrected chi connectivity index (χ4v) is 5.05. The number of hydrogen-bond donors (Lipinski definition) is 1. The molecule has 7 atom stereocenters. The Hall–Kier alpha value is -2.21. The van der Waals surface area contributed by atoms with E-state index in [2.05, 4.69) is 13.5 Å². The molecule has 2 aliphatic rings. The number of fused-ring (bicyclic) bond motifs is 1. The van der Waals surface area contributed by atoms with Crippen molar-refractivity contribution in [3.63, 3.8) is 0 Å². The van der Waals surface area contributed by atoms with E-state index >= 15 is 0 Å². The number of hydrogen-bond acceptors (Lipinski definition) is 6. The van der Waals surface area contributed by atoms with Crippen LogP contribution >= 0.6 is 0 Å². The van der Waals surface area contributed by atoms with E-state index in [4.69, 9.17) is 9.47 Å². The minimum atomic E-state index is -1.00. The molecule has 2 rings (SSSR count). The zero-order valence-electron chi connectivity index (χ0n) is 20.2. The molecule has 178 valence electrons. The maximum atomic E-state index is 12.6. The Morgan fingerprint density at radius 1 is 1.31 bits per heavy atom. The first kappa shape index (κ1) is 26.0. The number of Topliss-reactive ketones (excluding diaryl/α,β-unsaturated/α-hetero) is 1. The van der Waals surface area contributed by atoms with Gasteiger partial charge in [-0.2, -0.15) is 0 Å². The Labute approximate surface area is 191 Å². The van der Waals surface area contributed by atoms with Crippen molar-refractivity contribution in [1.29, 1.82) is 0 Å². The molecule has 0 aromatic carbocycles. The van der Waals surface area contributed by atoms with Gasteiger partial charge in [-0.1, -0.05) is 39.0 Å². The number of aliphatic hydroxyl groups excluding tert-OH is 1. The summed E-state index contributed by atoms with van der Waals surface area (Å²) in [6, 6.07) is 0. The minimum Gasteiger partial charge on any atom is -0.459 e. The SMILES string of the molecule is C=C(C)C1CC2(C)C(C)C(OC(=O)C=CC(CC)OC(=O)C(C)=CC)CCC2C(O)C1=O. The van der Waals surface area contributed by atoms with Gasteiger partial charge in [0.05, 0.1) is 0 Å². The Kier molecular flexibility index (Phi) is 8.63. The Morgan fingerprint density at radius 3 is 2.53 bits per heavy atom. The van der Waals surface area contributed by atoms with Gasteiger partial charge in [0.1, 0.15) is 18.3 Å². The van der Waals surface area contributed by atoms with Gasteiger partial charge >= 0.3 is 11.9 Å². The van der Waals surface area contributed by atoms with E-state index in [1.165, 1.54) is 6.08 Å². The van der Waals surface area contributed by atoms with E-state index in [0.29, 0.717) is 31.3 Å². The number of carbonyl (C=O) groups excluding carboxylic acids is 3. The van der Waals surface area contributed by atoms with Crippen molar-refractivity contribution in [2.45, 2.75) is 85.5 Å². The second kappa shape index (κ2) is 10.6. The van der Waals surface area contributed by atoms with Crippen molar-refractivity contribution in [2.75, 3.05) is 0 Å². The molecule has 0 amide bonds. The molecule has 0 saturated heterocycles. The molecule has 2 saturated carbocycles. The summed E-state index contributed by atoms with van der Waals surface area (Å²) >= 11 is 0. The molecule has 6 nitrogen and oxygen atoms in total. The van der Waals surface area contributed by atoms with Crippen molar-refractivity contribution in [3.05, 3.63) is 36.0 Å². The normalized spacial score (nSPS) is 34.0. The maximum absolute atomic E-state index is 12.6. The van der Waals surface area contributed by atoms with Crippen LogP contribution in [-0.2, 0) is 23.9 Å². The number of ketones is 1. The first-order valence-electron chi connectivity index (χ1n) is 11.6. The zero-order chi connectivity index (χ0) is 24.2. The molecule has 0 spiro atoms. The quantitative estimate of drug-likeness (QED) is 0.356. The number of ether oxygens (including phenoxy) is 2. The molecule has 0 bridgehead atoms. The molecule has 0 aromatic rings. The summed E-state index contributed by atoms with van der Waals surface area (Å²) in [6.45, 7) is 15.2. The molecule has 2 aliphatic carbocycles. The lowest BCUT2D eigenvalue weighted by atomic mass is 9.51. The van der Waals surface area contributed by atoms with Crippen LogP contribution in [0.1, 0.15) is 67.2 Å². The van der Waals surface area contributed by atoms with E-state index in [1.54, 1.807) is 26.0 Å². The summed E-state index contributed by atoms with van der Waals surface area (Å²) in [5.74, 6) is -1.58. The van der Waals surface area contributed by atoms with Crippen LogP contribution in [0.15, 0.2) is 36.0 Å². The van der Waals surface area contributed by atoms with Crippen molar-refractivity contribution in [2.24, 2.45) is 23.2 Å². The largest absolute Gasteiger partial charge is 0.459 e. The van der Waals surface area contributed by atoms with Crippen molar-refractivity contribution in [3.8, 4) is 0 Å². The highest BCUT2D eigenvalue weighted by atomic mass is 16.5. The van der Waals surface area contributed by atoms with Gasteiger partial charge < -0.3 is 14.6 Å². The minimum absolute atomic E-state index is 0.0275. The predicted octanol–water partition coefficient (Wildman–Crippen LogP) is 4.32. The second-order valence-corrected chi connectivity index (χ2v) is 9.59. The molecule has 0 aromatic heterocycles. The van der Waals surface area contributed by atoms with E-state index in [1.807, 2.05) is 20.8 Å². The number of carbonyl (C=O) groups is 3. The maximum Gasteiger partial charge on any atom is 0.333 e. The van der Waals surface area contributed by atoms with Crippen LogP contribution < -0.4 is 0 Å². The summed E-state index contributed by atoms with van der Waals surface area (Å²) in [7, 11) is 0. The van der Waals surface area contributed by atoms with Crippen LogP contribution in [0.25, 0.3) is 0 Å². The lowest BCUT2D eigenvalue weighted by molar-refractivity contribution is -0.172. The number of aliphatic hydroxyl groups is 1.